The Morgan fingerprint density at radius 3 is 2.76 bits per heavy atom. The number of hydrogen-bond donors (Lipinski definition) is 2. The van der Waals surface area contributed by atoms with Gasteiger partial charge in [0.1, 0.15) is 17.0 Å². The number of aromatic nitrogens is 3. The first kappa shape index (κ1) is 10.4. The van der Waals surface area contributed by atoms with Gasteiger partial charge in [-0.3, -0.25) is 5.10 Å². The number of nitrogen functional groups attached to an aromatic ring is 1. The number of rotatable bonds is 1. The van der Waals surface area contributed by atoms with Gasteiger partial charge in [-0.1, -0.05) is 23.2 Å². The van der Waals surface area contributed by atoms with Crippen LogP contribution >= 0.6 is 23.2 Å². The number of fused-ring (bicyclic) bond motifs is 1. The van der Waals surface area contributed by atoms with Crippen LogP contribution in [0.5, 0.6) is 0 Å². The molecule has 0 fully saturated rings. The second-order valence-electron chi connectivity index (χ2n) is 3.46. The van der Waals surface area contributed by atoms with Gasteiger partial charge in [-0.05, 0) is 12.1 Å². The van der Waals surface area contributed by atoms with Crippen LogP contribution < -0.4 is 5.73 Å². The lowest BCUT2D eigenvalue weighted by molar-refractivity contribution is 0.616. The number of oxazole rings is 1. The summed E-state index contributed by atoms with van der Waals surface area (Å²) in [6.07, 6.45) is 0. The molecule has 3 aromatic rings. The van der Waals surface area contributed by atoms with E-state index in [1.54, 1.807) is 18.2 Å². The highest BCUT2D eigenvalue weighted by Crippen LogP contribution is 2.31. The number of nitrogens with one attached hydrogen (secondary N) is 1. The summed E-state index contributed by atoms with van der Waals surface area (Å²) < 4.78 is 5.52. The minimum absolute atomic E-state index is 0.367. The van der Waals surface area contributed by atoms with Crippen molar-refractivity contribution >= 4 is 40.1 Å². The number of halogens is 2. The van der Waals surface area contributed by atoms with Crippen molar-refractivity contribution in [2.75, 3.05) is 5.73 Å². The van der Waals surface area contributed by atoms with Gasteiger partial charge in [0.15, 0.2) is 5.58 Å². The second kappa shape index (κ2) is 3.65. The van der Waals surface area contributed by atoms with Crippen molar-refractivity contribution < 1.29 is 4.42 Å². The number of nitrogens with zero attached hydrogens (tertiary/aromatic N) is 2. The average molecular weight is 269 g/mol. The number of nitrogens with two attached hydrogens (primary N) is 1. The van der Waals surface area contributed by atoms with E-state index in [-0.39, 0.29) is 0 Å². The van der Waals surface area contributed by atoms with Crippen molar-refractivity contribution in [2.24, 2.45) is 0 Å². The normalized spacial score (nSPS) is 11.2. The van der Waals surface area contributed by atoms with E-state index in [1.807, 2.05) is 0 Å². The fourth-order valence-corrected chi connectivity index (χ4v) is 2.04. The molecule has 5 nitrogen and oxygen atoms in total. The first-order chi connectivity index (χ1) is 8.13. The molecule has 0 unspecified atom stereocenters. The van der Waals surface area contributed by atoms with Crippen LogP contribution in [0.25, 0.3) is 22.7 Å². The predicted molar refractivity (Wildman–Crippen MR) is 66.0 cm³/mol. The summed E-state index contributed by atoms with van der Waals surface area (Å²) in [6.45, 7) is 0. The van der Waals surface area contributed by atoms with Gasteiger partial charge < -0.3 is 10.2 Å². The van der Waals surface area contributed by atoms with Gasteiger partial charge in [-0.25, -0.2) is 4.98 Å². The molecule has 0 saturated heterocycles. The maximum Gasteiger partial charge on any atom is 0.245 e. The number of aromatic amines is 1. The maximum atomic E-state index is 6.00. The van der Waals surface area contributed by atoms with Crippen molar-refractivity contribution in [1.82, 2.24) is 15.2 Å². The lowest BCUT2D eigenvalue weighted by Gasteiger charge is -1.91. The zero-order valence-electron chi connectivity index (χ0n) is 8.37. The Labute approximate surface area is 106 Å². The highest BCUT2D eigenvalue weighted by atomic mass is 35.5. The van der Waals surface area contributed by atoms with Crippen LogP contribution in [0.4, 0.5) is 5.82 Å². The highest BCUT2D eigenvalue weighted by molar-refractivity contribution is 6.38. The van der Waals surface area contributed by atoms with E-state index in [2.05, 4.69) is 15.2 Å². The largest absolute Gasteiger partial charge is 0.433 e. The van der Waals surface area contributed by atoms with Crippen LogP contribution in [0.2, 0.25) is 10.0 Å². The Hall–Kier alpha value is -1.72. The van der Waals surface area contributed by atoms with E-state index in [4.69, 9.17) is 33.4 Å². The summed E-state index contributed by atoms with van der Waals surface area (Å²) in [4.78, 5) is 4.26. The summed E-state index contributed by atoms with van der Waals surface area (Å²) in [6, 6.07) is 4.90. The molecule has 7 heteroatoms. The Morgan fingerprint density at radius 2 is 2.06 bits per heavy atom. The number of H-pyrrole nitrogens is 1. The van der Waals surface area contributed by atoms with Crippen molar-refractivity contribution in [3.63, 3.8) is 0 Å². The third kappa shape index (κ3) is 1.73. The lowest BCUT2D eigenvalue weighted by atomic mass is 10.3. The molecule has 0 aliphatic rings. The van der Waals surface area contributed by atoms with E-state index < -0.39 is 0 Å². The Balaban J connectivity index is 2.23. The van der Waals surface area contributed by atoms with Crippen molar-refractivity contribution in [3.05, 3.63) is 28.2 Å². The molecule has 0 spiro atoms. The van der Waals surface area contributed by atoms with E-state index in [9.17, 15) is 0 Å². The third-order valence-electron chi connectivity index (χ3n) is 2.24. The smallest absolute Gasteiger partial charge is 0.245 e. The Kier molecular flexibility index (Phi) is 2.24. The minimum atomic E-state index is 0.367. The molecule has 0 aliphatic carbocycles. The molecule has 17 heavy (non-hydrogen) atoms. The molecular formula is C10H6Cl2N4O. The highest BCUT2D eigenvalue weighted by Gasteiger charge is 2.13. The zero-order valence-corrected chi connectivity index (χ0v) is 9.88. The summed E-state index contributed by atoms with van der Waals surface area (Å²) in [5, 5.41) is 7.43. The zero-order chi connectivity index (χ0) is 12.0. The molecule has 2 aromatic heterocycles. The van der Waals surface area contributed by atoms with Gasteiger partial charge in [0.25, 0.3) is 0 Å². The van der Waals surface area contributed by atoms with Gasteiger partial charge in [0.2, 0.25) is 5.89 Å². The van der Waals surface area contributed by atoms with Gasteiger partial charge in [-0.2, -0.15) is 5.10 Å². The molecule has 0 bridgehead atoms. The first-order valence-corrected chi connectivity index (χ1v) is 5.46. The predicted octanol–water partition coefficient (Wildman–Crippen LogP) is 3.11. The molecule has 0 amide bonds. The monoisotopic (exact) mass is 268 g/mol. The van der Waals surface area contributed by atoms with Crippen molar-refractivity contribution in [2.45, 2.75) is 0 Å². The van der Waals surface area contributed by atoms with Crippen LogP contribution in [0, 0.1) is 0 Å². The van der Waals surface area contributed by atoms with Crippen molar-refractivity contribution in [1.29, 1.82) is 0 Å². The molecule has 0 saturated carbocycles. The number of anilines is 1. The van der Waals surface area contributed by atoms with Gasteiger partial charge in [0.05, 0.1) is 5.02 Å². The standard InChI is InChI=1S/C10H6Cl2N4O/c11-4-1-5(12)9-6(2-4)14-10(17-9)7-3-8(13)16-15-7/h1-3H,(H3,13,15,16). The van der Waals surface area contributed by atoms with Crippen LogP contribution in [0.15, 0.2) is 22.6 Å². The Bertz CT molecular complexity index is 703. The van der Waals surface area contributed by atoms with Crippen molar-refractivity contribution in [3.8, 4) is 11.6 Å². The van der Waals surface area contributed by atoms with E-state index in [0.29, 0.717) is 38.5 Å². The van der Waals surface area contributed by atoms with E-state index >= 15 is 0 Å². The average Bonchev–Trinajstić information content (AvgIpc) is 2.83. The molecule has 0 atom stereocenters. The van der Waals surface area contributed by atoms with Crippen LogP contribution in [0.1, 0.15) is 0 Å². The first-order valence-electron chi connectivity index (χ1n) is 4.70. The van der Waals surface area contributed by atoms with Crippen LogP contribution in [-0.4, -0.2) is 15.2 Å². The molecule has 0 aliphatic heterocycles. The SMILES string of the molecule is Nc1cc(-c2nc3cc(Cl)cc(Cl)c3o2)[nH]n1. The lowest BCUT2D eigenvalue weighted by Crippen LogP contribution is -1.81. The van der Waals surface area contributed by atoms with Crippen LogP contribution in [-0.2, 0) is 0 Å². The van der Waals surface area contributed by atoms with Gasteiger partial charge in [0, 0.05) is 11.1 Å². The Morgan fingerprint density at radius 1 is 1.24 bits per heavy atom. The third-order valence-corrected chi connectivity index (χ3v) is 2.74. The number of benzene rings is 1. The fourth-order valence-electron chi connectivity index (χ4n) is 1.52. The van der Waals surface area contributed by atoms with Gasteiger partial charge in [-0.15, -0.1) is 0 Å². The molecule has 2 heterocycles. The van der Waals surface area contributed by atoms with E-state index in [0.717, 1.165) is 0 Å². The summed E-state index contributed by atoms with van der Waals surface area (Å²) in [7, 11) is 0. The molecule has 3 N–H and O–H groups in total. The molecule has 86 valence electrons. The fraction of sp³-hybridized carbons (Fsp3) is 0. The summed E-state index contributed by atoms with van der Waals surface area (Å²) in [5.74, 6) is 0.736. The van der Waals surface area contributed by atoms with E-state index in [1.165, 1.54) is 0 Å². The van der Waals surface area contributed by atoms with Gasteiger partial charge >= 0.3 is 0 Å². The molecule has 1 aromatic carbocycles. The topological polar surface area (TPSA) is 80.7 Å². The summed E-state index contributed by atoms with van der Waals surface area (Å²) in [5.41, 5.74) is 7.17. The molecular weight excluding hydrogens is 263 g/mol. The second-order valence-corrected chi connectivity index (χ2v) is 4.31. The van der Waals surface area contributed by atoms with Crippen LogP contribution in [0.3, 0.4) is 0 Å². The minimum Gasteiger partial charge on any atom is -0.433 e. The molecule has 3 rings (SSSR count). The maximum absolute atomic E-state index is 6.00. The summed E-state index contributed by atoms with van der Waals surface area (Å²) >= 11 is 11.9. The number of hydrogen-bond acceptors (Lipinski definition) is 4. The quantitative estimate of drug-likeness (QED) is 0.711. The molecule has 0 radical (unpaired) electrons.